The van der Waals surface area contributed by atoms with Crippen LogP contribution in [0.5, 0.6) is 11.6 Å². The van der Waals surface area contributed by atoms with Crippen LogP contribution in [0.3, 0.4) is 0 Å². The second-order valence-electron chi connectivity index (χ2n) is 8.38. The molecule has 13 heteroatoms. The van der Waals surface area contributed by atoms with Crippen molar-refractivity contribution in [3.05, 3.63) is 73.8 Å². The third kappa shape index (κ3) is 4.54. The van der Waals surface area contributed by atoms with Gasteiger partial charge in [-0.15, -0.1) is 10.2 Å². The average molecular weight is 568 g/mol. The Hall–Kier alpha value is -4.23. The monoisotopic (exact) mass is 567 g/mol. The van der Waals surface area contributed by atoms with E-state index in [0.29, 0.717) is 11.1 Å². The molecule has 1 atom stereocenters. The number of benzene rings is 2. The zero-order valence-electron chi connectivity index (χ0n) is 19.8. The number of azo groups is 1. The Morgan fingerprint density at radius 1 is 1.11 bits per heavy atom. The molecule has 0 radical (unpaired) electrons. The maximum Gasteiger partial charge on any atom is 0.329 e. The largest absolute Gasteiger partial charge is 0.493 e. The molecule has 3 aromatic heterocycles. The summed E-state index contributed by atoms with van der Waals surface area (Å²) in [4.78, 5) is 31.5. The Balaban J connectivity index is 1.57. The van der Waals surface area contributed by atoms with Gasteiger partial charge in [-0.05, 0) is 30.3 Å². The smallest absolute Gasteiger partial charge is 0.329 e. The van der Waals surface area contributed by atoms with E-state index in [9.17, 15) is 19.8 Å². The maximum absolute atomic E-state index is 12.7. The van der Waals surface area contributed by atoms with Crippen LogP contribution in [-0.2, 0) is 20.6 Å². The molecule has 3 N–H and O–H groups in total. The fraction of sp³-hybridized carbons (Fsp3) is 0.208. The van der Waals surface area contributed by atoms with Crippen molar-refractivity contribution in [3.63, 3.8) is 0 Å². The standard InChI is InChI=1S/C24H22BrN7O5/c1-30-17-9-8-13(25)10-16(17)18(22(30)35)28-29-23-26-20-19(21(34)27-24(36)31(20)2)32(23)11-14(33)12-37-15-6-4-3-5-7-15/h3-10,14,33,35H,11-12H2,1-2H3,(H,27,34,36)/t14-/m0/s1. The number of imidazole rings is 1. The molecular weight excluding hydrogens is 546 g/mol. The first-order chi connectivity index (χ1) is 17.7. The molecule has 0 saturated carbocycles. The van der Waals surface area contributed by atoms with Gasteiger partial charge in [0.05, 0.1) is 12.1 Å². The van der Waals surface area contributed by atoms with E-state index >= 15 is 0 Å². The highest BCUT2D eigenvalue weighted by atomic mass is 79.9. The Morgan fingerprint density at radius 3 is 2.62 bits per heavy atom. The first-order valence-electron chi connectivity index (χ1n) is 11.2. The molecule has 0 aliphatic heterocycles. The number of fused-ring (bicyclic) bond motifs is 2. The maximum atomic E-state index is 12.7. The van der Waals surface area contributed by atoms with Gasteiger partial charge in [0.1, 0.15) is 18.5 Å². The molecule has 3 heterocycles. The lowest BCUT2D eigenvalue weighted by molar-refractivity contribution is 0.0937. The number of aromatic nitrogens is 5. The number of hydrogen-bond acceptors (Lipinski definition) is 8. The lowest BCUT2D eigenvalue weighted by Gasteiger charge is -2.14. The molecule has 5 rings (SSSR count). The Labute approximate surface area is 217 Å². The topological polar surface area (TPSA) is 152 Å². The van der Waals surface area contributed by atoms with Gasteiger partial charge in [0.15, 0.2) is 16.9 Å². The minimum absolute atomic E-state index is 0.0353. The molecule has 0 aliphatic rings. The number of aliphatic hydroxyl groups excluding tert-OH is 1. The predicted molar refractivity (Wildman–Crippen MR) is 140 cm³/mol. The van der Waals surface area contributed by atoms with E-state index in [1.54, 1.807) is 29.8 Å². The molecule has 0 bridgehead atoms. The van der Waals surface area contributed by atoms with Crippen molar-refractivity contribution in [1.82, 2.24) is 23.7 Å². The van der Waals surface area contributed by atoms with Crippen molar-refractivity contribution < 1.29 is 14.9 Å². The highest BCUT2D eigenvalue weighted by Crippen LogP contribution is 2.39. The van der Waals surface area contributed by atoms with Crippen molar-refractivity contribution in [3.8, 4) is 11.6 Å². The summed E-state index contributed by atoms with van der Waals surface area (Å²) in [7, 11) is 3.15. The van der Waals surface area contributed by atoms with Gasteiger partial charge >= 0.3 is 5.69 Å². The van der Waals surface area contributed by atoms with E-state index in [-0.39, 0.29) is 41.8 Å². The summed E-state index contributed by atoms with van der Waals surface area (Å²) in [6, 6.07) is 14.4. The van der Waals surface area contributed by atoms with Gasteiger partial charge in [-0.2, -0.15) is 4.98 Å². The summed E-state index contributed by atoms with van der Waals surface area (Å²) in [5.74, 6) is 0.433. The highest BCUT2D eigenvalue weighted by Gasteiger charge is 2.21. The number of aryl methyl sites for hydroxylation is 2. The predicted octanol–water partition coefficient (Wildman–Crippen LogP) is 3.24. The molecule has 0 spiro atoms. The first-order valence-corrected chi connectivity index (χ1v) is 12.0. The Bertz CT molecular complexity index is 1770. The summed E-state index contributed by atoms with van der Waals surface area (Å²) in [6.45, 7) is -0.186. The van der Waals surface area contributed by atoms with Crippen LogP contribution in [0.2, 0.25) is 0 Å². The van der Waals surface area contributed by atoms with Gasteiger partial charge in [0.25, 0.3) is 11.5 Å². The van der Waals surface area contributed by atoms with Gasteiger partial charge in [-0.1, -0.05) is 34.1 Å². The molecule has 0 saturated heterocycles. The number of rotatable bonds is 7. The lowest BCUT2D eigenvalue weighted by atomic mass is 10.2. The summed E-state index contributed by atoms with van der Waals surface area (Å²) < 4.78 is 10.5. The molecule has 2 aromatic carbocycles. The summed E-state index contributed by atoms with van der Waals surface area (Å²) in [6.07, 6.45) is -1.05. The van der Waals surface area contributed by atoms with Crippen LogP contribution in [0.15, 0.2) is 72.8 Å². The summed E-state index contributed by atoms with van der Waals surface area (Å²) >= 11 is 3.42. The molecule has 12 nitrogen and oxygen atoms in total. The van der Waals surface area contributed by atoms with E-state index in [2.05, 4.69) is 36.1 Å². The number of aromatic hydroxyl groups is 1. The van der Waals surface area contributed by atoms with Gasteiger partial charge in [0.2, 0.25) is 5.88 Å². The van der Waals surface area contributed by atoms with Gasteiger partial charge < -0.3 is 19.5 Å². The molecule has 190 valence electrons. The molecule has 0 aliphatic carbocycles. The number of aromatic amines is 1. The van der Waals surface area contributed by atoms with Crippen molar-refractivity contribution in [2.24, 2.45) is 24.3 Å². The van der Waals surface area contributed by atoms with E-state index in [1.807, 2.05) is 30.3 Å². The van der Waals surface area contributed by atoms with Crippen molar-refractivity contribution in [2.75, 3.05) is 6.61 Å². The van der Waals surface area contributed by atoms with Gasteiger partial charge in [-0.25, -0.2) is 4.79 Å². The van der Waals surface area contributed by atoms with Crippen molar-refractivity contribution in [2.45, 2.75) is 12.6 Å². The molecule has 0 unspecified atom stereocenters. The van der Waals surface area contributed by atoms with Crippen LogP contribution in [0, 0.1) is 0 Å². The summed E-state index contributed by atoms with van der Waals surface area (Å²) in [5.41, 5.74) is -0.276. The van der Waals surface area contributed by atoms with Gasteiger partial charge in [0, 0.05) is 24.0 Å². The number of aliphatic hydroxyl groups is 1. The number of halogens is 1. The number of H-pyrrole nitrogens is 1. The van der Waals surface area contributed by atoms with Crippen LogP contribution >= 0.6 is 15.9 Å². The summed E-state index contributed by atoms with van der Waals surface area (Å²) in [5, 5.41) is 30.5. The van der Waals surface area contributed by atoms with Crippen molar-refractivity contribution >= 4 is 49.6 Å². The third-order valence-corrected chi connectivity index (χ3v) is 6.40. The van der Waals surface area contributed by atoms with E-state index in [1.165, 1.54) is 16.2 Å². The van der Waals surface area contributed by atoms with Crippen LogP contribution in [0.4, 0.5) is 11.6 Å². The second kappa shape index (κ2) is 9.67. The molecule has 37 heavy (non-hydrogen) atoms. The van der Waals surface area contributed by atoms with Crippen LogP contribution in [0.25, 0.3) is 22.1 Å². The van der Waals surface area contributed by atoms with E-state index in [0.717, 1.165) is 9.99 Å². The molecular formula is C24H22BrN7O5. The number of nitrogens with one attached hydrogen (secondary N) is 1. The third-order valence-electron chi connectivity index (χ3n) is 5.91. The number of para-hydroxylation sites is 1. The minimum atomic E-state index is -1.05. The lowest BCUT2D eigenvalue weighted by Crippen LogP contribution is -2.30. The highest BCUT2D eigenvalue weighted by molar-refractivity contribution is 9.10. The number of ether oxygens (including phenoxy) is 1. The molecule has 0 fully saturated rings. The quantitative estimate of drug-likeness (QED) is 0.257. The van der Waals surface area contributed by atoms with Crippen LogP contribution < -0.4 is 16.0 Å². The Morgan fingerprint density at radius 2 is 1.86 bits per heavy atom. The van der Waals surface area contributed by atoms with Crippen LogP contribution in [-0.4, -0.2) is 46.6 Å². The van der Waals surface area contributed by atoms with Gasteiger partial charge in [-0.3, -0.25) is 18.9 Å². The van der Waals surface area contributed by atoms with E-state index in [4.69, 9.17) is 4.74 Å². The number of nitrogens with zero attached hydrogens (tertiary/aromatic N) is 6. The SMILES string of the molecule is Cn1c(O)c(N=Nc2nc3c(c(=O)[nH]c(=O)n3C)n2C[C@H](O)COc2ccccc2)c2cc(Br)ccc21. The molecule has 5 aromatic rings. The second-order valence-corrected chi connectivity index (χ2v) is 9.30. The number of hydrogen-bond donors (Lipinski definition) is 3. The average Bonchev–Trinajstić information content (AvgIpc) is 3.35. The van der Waals surface area contributed by atoms with Crippen molar-refractivity contribution in [1.29, 1.82) is 0 Å². The fourth-order valence-corrected chi connectivity index (χ4v) is 4.38. The van der Waals surface area contributed by atoms with Crippen LogP contribution in [0.1, 0.15) is 0 Å². The molecule has 0 amide bonds. The fourth-order valence-electron chi connectivity index (χ4n) is 4.02. The minimum Gasteiger partial charge on any atom is -0.493 e. The zero-order valence-corrected chi connectivity index (χ0v) is 21.4. The zero-order chi connectivity index (χ0) is 26.3. The normalized spacial score (nSPS) is 12.6. The van der Waals surface area contributed by atoms with E-state index < -0.39 is 17.4 Å². The first kappa shape index (κ1) is 24.5. The Kier molecular flexibility index (Phi) is 6.39.